The lowest BCUT2D eigenvalue weighted by Gasteiger charge is -2.23. The summed E-state index contributed by atoms with van der Waals surface area (Å²) in [6, 6.07) is 10.4. The van der Waals surface area contributed by atoms with Crippen molar-refractivity contribution in [1.29, 1.82) is 0 Å². The van der Waals surface area contributed by atoms with E-state index in [2.05, 4.69) is 20.4 Å². The van der Waals surface area contributed by atoms with Crippen LogP contribution in [0.15, 0.2) is 61.1 Å². The van der Waals surface area contributed by atoms with E-state index < -0.39 is 29.9 Å². The van der Waals surface area contributed by atoms with Crippen LogP contribution in [0, 0.1) is 0 Å². The van der Waals surface area contributed by atoms with E-state index in [0.717, 1.165) is 16.0 Å². The number of primary amides is 1. The molecule has 1 aliphatic heterocycles. The maximum absolute atomic E-state index is 14.3. The lowest BCUT2D eigenvalue weighted by atomic mass is 10.0. The molecule has 4 N–H and O–H groups in total. The maximum atomic E-state index is 14.3. The molecule has 5 rings (SSSR count). The van der Waals surface area contributed by atoms with Gasteiger partial charge in [-0.25, -0.2) is 9.37 Å². The predicted octanol–water partition coefficient (Wildman–Crippen LogP) is 1.88. The quantitative estimate of drug-likeness (QED) is 0.363. The summed E-state index contributed by atoms with van der Waals surface area (Å²) in [6.45, 7) is -0.603. The summed E-state index contributed by atoms with van der Waals surface area (Å²) in [6.07, 6.45) is 3.05. The molecule has 1 aromatic carbocycles. The number of fused-ring (bicyclic) bond motifs is 1. The van der Waals surface area contributed by atoms with Crippen LogP contribution in [-0.4, -0.2) is 66.2 Å². The monoisotopic (exact) mass is 503 g/mol. The van der Waals surface area contributed by atoms with E-state index in [-0.39, 0.29) is 36.8 Å². The first-order valence-electron chi connectivity index (χ1n) is 11.4. The normalized spacial score (nSPS) is 17.2. The number of aromatic hydroxyl groups is 1. The molecule has 12 heteroatoms. The molecular weight excluding hydrogens is 481 g/mol. The highest BCUT2D eigenvalue weighted by atomic mass is 19.1. The van der Waals surface area contributed by atoms with Crippen molar-refractivity contribution < 1.29 is 23.9 Å². The van der Waals surface area contributed by atoms with Crippen LogP contribution >= 0.6 is 0 Å². The van der Waals surface area contributed by atoms with Crippen molar-refractivity contribution >= 4 is 34.4 Å². The van der Waals surface area contributed by atoms with Gasteiger partial charge in [-0.2, -0.15) is 5.10 Å². The molecule has 1 aliphatic rings. The number of halogens is 1. The molecule has 1 fully saturated rings. The Kier molecular flexibility index (Phi) is 6.22. The third kappa shape index (κ3) is 4.81. The fraction of sp³-hybridized carbons (Fsp3) is 0.200. The number of likely N-dealkylation sites (tertiary alicyclic amines) is 1. The van der Waals surface area contributed by atoms with Gasteiger partial charge in [0.15, 0.2) is 5.69 Å². The molecule has 4 heterocycles. The number of benzene rings is 1. The zero-order chi connectivity index (χ0) is 26.1. The van der Waals surface area contributed by atoms with Crippen molar-refractivity contribution in [2.45, 2.75) is 25.2 Å². The van der Waals surface area contributed by atoms with Crippen molar-refractivity contribution in [3.8, 4) is 16.9 Å². The van der Waals surface area contributed by atoms with Crippen LogP contribution < -0.4 is 11.1 Å². The van der Waals surface area contributed by atoms with E-state index in [0.29, 0.717) is 10.9 Å². The second-order valence-corrected chi connectivity index (χ2v) is 8.63. The molecule has 3 aromatic heterocycles. The smallest absolute Gasteiger partial charge is 0.269 e. The standard InChI is InChI=1S/C25H22FN7O4/c26-16-9-20(25(37)30-21-10-17(34)5-7-29-21)32(12-16)22(35)13-33-19-4-3-14(15-2-1-6-28-11-15)8-18(19)23(31-33)24(27)36/h1-8,10-11,16,20H,9,12-13H2,(H2,27,36)(H2,29,30,34,37)/t16-,20+/m1/s1. The lowest BCUT2D eigenvalue weighted by molar-refractivity contribution is -0.137. The van der Waals surface area contributed by atoms with Gasteiger partial charge in [0.25, 0.3) is 5.91 Å². The van der Waals surface area contributed by atoms with Gasteiger partial charge in [-0.15, -0.1) is 0 Å². The molecule has 37 heavy (non-hydrogen) atoms. The van der Waals surface area contributed by atoms with Gasteiger partial charge in [0.1, 0.15) is 30.3 Å². The lowest BCUT2D eigenvalue weighted by Crippen LogP contribution is -2.44. The molecule has 0 bridgehead atoms. The number of nitrogens with two attached hydrogens (primary N) is 1. The number of nitrogens with zero attached hydrogens (tertiary/aromatic N) is 5. The molecule has 188 valence electrons. The first kappa shape index (κ1) is 23.9. The van der Waals surface area contributed by atoms with Crippen molar-refractivity contribution in [1.82, 2.24) is 24.6 Å². The number of hydrogen-bond donors (Lipinski definition) is 3. The minimum atomic E-state index is -1.39. The highest BCUT2D eigenvalue weighted by Crippen LogP contribution is 2.27. The second kappa shape index (κ2) is 9.64. The summed E-state index contributed by atoms with van der Waals surface area (Å²) in [5.41, 5.74) is 7.63. The fourth-order valence-electron chi connectivity index (χ4n) is 4.42. The molecule has 11 nitrogen and oxygen atoms in total. The van der Waals surface area contributed by atoms with Gasteiger partial charge in [0.2, 0.25) is 11.8 Å². The molecule has 0 radical (unpaired) electrons. The van der Waals surface area contributed by atoms with Crippen LogP contribution in [0.4, 0.5) is 10.2 Å². The number of anilines is 1. The number of nitrogens with one attached hydrogen (secondary N) is 1. The van der Waals surface area contributed by atoms with Crippen LogP contribution in [0.5, 0.6) is 5.75 Å². The molecule has 4 aromatic rings. The van der Waals surface area contributed by atoms with E-state index in [1.165, 1.54) is 23.0 Å². The van der Waals surface area contributed by atoms with Gasteiger partial charge in [0.05, 0.1) is 12.1 Å². The van der Waals surface area contributed by atoms with E-state index in [1.54, 1.807) is 36.7 Å². The summed E-state index contributed by atoms with van der Waals surface area (Å²) in [5.74, 6) is -1.97. The number of alkyl halides is 1. The highest BCUT2D eigenvalue weighted by Gasteiger charge is 2.40. The molecule has 3 amide bonds. The number of amides is 3. The zero-order valence-electron chi connectivity index (χ0n) is 19.4. The Morgan fingerprint density at radius 2 is 1.97 bits per heavy atom. The minimum absolute atomic E-state index is 0.0115. The van der Waals surface area contributed by atoms with Crippen molar-refractivity contribution in [3.63, 3.8) is 0 Å². The van der Waals surface area contributed by atoms with Gasteiger partial charge in [-0.1, -0.05) is 12.1 Å². The van der Waals surface area contributed by atoms with Gasteiger partial charge < -0.3 is 21.1 Å². The third-order valence-corrected chi connectivity index (χ3v) is 6.13. The predicted molar refractivity (Wildman–Crippen MR) is 131 cm³/mol. The minimum Gasteiger partial charge on any atom is -0.508 e. The third-order valence-electron chi connectivity index (χ3n) is 6.13. The fourth-order valence-corrected chi connectivity index (χ4v) is 4.42. The van der Waals surface area contributed by atoms with Gasteiger partial charge >= 0.3 is 0 Å². The second-order valence-electron chi connectivity index (χ2n) is 8.63. The van der Waals surface area contributed by atoms with Crippen LogP contribution in [0.25, 0.3) is 22.0 Å². The van der Waals surface area contributed by atoms with Gasteiger partial charge in [-0.3, -0.25) is 24.0 Å². The van der Waals surface area contributed by atoms with Crippen LogP contribution in [-0.2, 0) is 16.1 Å². The number of pyridine rings is 2. The van der Waals surface area contributed by atoms with Crippen LogP contribution in [0.2, 0.25) is 0 Å². The Labute approximate surface area is 209 Å². The SMILES string of the molecule is NC(=O)c1nn(CC(=O)N2C[C@H](F)C[C@H]2C(=O)Nc2cc(O)ccn2)c2ccc(-c3cccnc3)cc12. The first-order valence-corrected chi connectivity index (χ1v) is 11.4. The Balaban J connectivity index is 1.41. The molecule has 2 atom stereocenters. The average Bonchev–Trinajstić information content (AvgIpc) is 3.45. The number of carbonyl (C=O) groups is 3. The van der Waals surface area contributed by atoms with E-state index >= 15 is 0 Å². The number of hydrogen-bond acceptors (Lipinski definition) is 7. The Hall–Kier alpha value is -4.87. The largest absolute Gasteiger partial charge is 0.508 e. The summed E-state index contributed by atoms with van der Waals surface area (Å²) in [4.78, 5) is 47.4. The Morgan fingerprint density at radius 3 is 2.70 bits per heavy atom. The molecule has 0 spiro atoms. The van der Waals surface area contributed by atoms with E-state index in [1.807, 2.05) is 6.07 Å². The van der Waals surface area contributed by atoms with Crippen molar-refractivity contribution in [3.05, 3.63) is 66.7 Å². The zero-order valence-corrected chi connectivity index (χ0v) is 19.4. The number of rotatable bonds is 6. The van der Waals surface area contributed by atoms with E-state index in [9.17, 15) is 23.9 Å². The molecule has 1 saturated heterocycles. The molecule has 0 unspecified atom stereocenters. The summed E-state index contributed by atoms with van der Waals surface area (Å²) in [7, 11) is 0. The highest BCUT2D eigenvalue weighted by molar-refractivity contribution is 6.05. The Bertz CT molecular complexity index is 1510. The van der Waals surface area contributed by atoms with Crippen LogP contribution in [0.3, 0.4) is 0 Å². The number of carbonyl (C=O) groups excluding carboxylic acids is 3. The Morgan fingerprint density at radius 1 is 1.14 bits per heavy atom. The van der Waals surface area contributed by atoms with Crippen molar-refractivity contribution in [2.75, 3.05) is 11.9 Å². The summed E-state index contributed by atoms with van der Waals surface area (Å²) >= 11 is 0. The molecular formula is C25H22FN7O4. The van der Waals surface area contributed by atoms with Crippen molar-refractivity contribution in [2.24, 2.45) is 5.73 Å². The molecule has 0 aliphatic carbocycles. The first-order chi connectivity index (χ1) is 17.8. The maximum Gasteiger partial charge on any atom is 0.269 e. The average molecular weight is 503 g/mol. The van der Waals surface area contributed by atoms with Gasteiger partial charge in [-0.05, 0) is 29.8 Å². The van der Waals surface area contributed by atoms with Gasteiger partial charge in [0, 0.05) is 42.0 Å². The van der Waals surface area contributed by atoms with Crippen LogP contribution in [0.1, 0.15) is 16.9 Å². The molecule has 0 saturated carbocycles. The van der Waals surface area contributed by atoms with E-state index in [4.69, 9.17) is 5.73 Å². The summed E-state index contributed by atoms with van der Waals surface area (Å²) < 4.78 is 15.7. The topological polar surface area (TPSA) is 156 Å². The summed E-state index contributed by atoms with van der Waals surface area (Å²) in [5, 5.41) is 16.8. The number of aromatic nitrogens is 4.